The second-order valence-corrected chi connectivity index (χ2v) is 5.73. The Morgan fingerprint density at radius 3 is 2.12 bits per heavy atom. The van der Waals surface area contributed by atoms with Crippen LogP contribution < -0.4 is 16.0 Å². The van der Waals surface area contributed by atoms with Gasteiger partial charge in [0, 0.05) is 35.7 Å². The molecule has 0 aliphatic carbocycles. The second-order valence-electron chi connectivity index (χ2n) is 5.73. The van der Waals surface area contributed by atoms with Crippen molar-refractivity contribution in [2.75, 3.05) is 16.0 Å². The Kier molecular flexibility index (Phi) is 5.07. The lowest BCUT2D eigenvalue weighted by Crippen LogP contribution is -2.06. The fraction of sp³-hybridized carbons (Fsp3) is 0.105. The summed E-state index contributed by atoms with van der Waals surface area (Å²) in [5, 5.41) is 8.96. The highest BCUT2D eigenvalue weighted by molar-refractivity contribution is 5.88. The zero-order valence-corrected chi connectivity index (χ0v) is 14.4. The number of anilines is 5. The number of carbonyl (C=O) groups is 1. The van der Waals surface area contributed by atoms with Gasteiger partial charge in [-0.25, -0.2) is 9.37 Å². The smallest absolute Gasteiger partial charge is 0.229 e. The lowest BCUT2D eigenvalue weighted by atomic mass is 10.3. The molecule has 0 bridgehead atoms. The molecule has 2 aromatic carbocycles. The highest BCUT2D eigenvalue weighted by Gasteiger charge is 2.04. The molecule has 1 heterocycles. The largest absolute Gasteiger partial charge is 0.340 e. The second kappa shape index (κ2) is 7.60. The first kappa shape index (κ1) is 17.3. The lowest BCUT2D eigenvalue weighted by molar-refractivity contribution is -0.114. The van der Waals surface area contributed by atoms with E-state index in [2.05, 4.69) is 25.9 Å². The van der Waals surface area contributed by atoms with E-state index >= 15 is 0 Å². The Balaban J connectivity index is 1.74. The molecule has 0 aliphatic rings. The zero-order chi connectivity index (χ0) is 18.5. The van der Waals surface area contributed by atoms with Gasteiger partial charge in [-0.05, 0) is 55.5 Å². The van der Waals surface area contributed by atoms with Crippen molar-refractivity contribution in [2.24, 2.45) is 0 Å². The summed E-state index contributed by atoms with van der Waals surface area (Å²) in [6, 6.07) is 15.1. The molecule has 0 spiro atoms. The molecule has 0 saturated carbocycles. The number of hydrogen-bond acceptors (Lipinski definition) is 5. The van der Waals surface area contributed by atoms with Crippen LogP contribution in [0.3, 0.4) is 0 Å². The van der Waals surface area contributed by atoms with Gasteiger partial charge >= 0.3 is 0 Å². The lowest BCUT2D eigenvalue weighted by Gasteiger charge is -2.10. The van der Waals surface area contributed by atoms with Crippen LogP contribution in [0, 0.1) is 12.7 Å². The average molecular weight is 351 g/mol. The molecule has 132 valence electrons. The monoisotopic (exact) mass is 351 g/mol. The number of rotatable bonds is 5. The van der Waals surface area contributed by atoms with Gasteiger partial charge in [-0.2, -0.15) is 4.98 Å². The third kappa shape index (κ3) is 4.76. The van der Waals surface area contributed by atoms with E-state index in [1.54, 1.807) is 30.3 Å². The quantitative estimate of drug-likeness (QED) is 0.636. The number of aromatic nitrogens is 2. The molecule has 0 radical (unpaired) electrons. The molecule has 0 aliphatic heterocycles. The highest BCUT2D eigenvalue weighted by atomic mass is 19.1. The first-order chi connectivity index (χ1) is 12.5. The predicted molar refractivity (Wildman–Crippen MR) is 100 cm³/mol. The Labute approximate surface area is 150 Å². The minimum absolute atomic E-state index is 0.121. The van der Waals surface area contributed by atoms with Crippen LogP contribution in [-0.4, -0.2) is 15.9 Å². The van der Waals surface area contributed by atoms with E-state index in [-0.39, 0.29) is 11.7 Å². The van der Waals surface area contributed by atoms with Crippen LogP contribution in [0.2, 0.25) is 0 Å². The SMILES string of the molecule is CC(=O)Nc1ccc(Nc2nc(C)cc(Nc3ccc(F)cc3)n2)cc1. The minimum Gasteiger partial charge on any atom is -0.340 e. The highest BCUT2D eigenvalue weighted by Crippen LogP contribution is 2.20. The third-order valence-electron chi connectivity index (χ3n) is 3.43. The molecule has 3 N–H and O–H groups in total. The summed E-state index contributed by atoms with van der Waals surface area (Å²) in [4.78, 5) is 19.8. The Morgan fingerprint density at radius 2 is 1.46 bits per heavy atom. The van der Waals surface area contributed by atoms with Crippen molar-refractivity contribution >= 4 is 34.7 Å². The predicted octanol–water partition coefficient (Wildman–Crippen LogP) is 4.37. The van der Waals surface area contributed by atoms with Crippen molar-refractivity contribution in [3.8, 4) is 0 Å². The van der Waals surface area contributed by atoms with Crippen molar-refractivity contribution in [2.45, 2.75) is 13.8 Å². The maximum atomic E-state index is 13.0. The van der Waals surface area contributed by atoms with Gasteiger partial charge in [0.2, 0.25) is 11.9 Å². The van der Waals surface area contributed by atoms with Gasteiger partial charge in [0.05, 0.1) is 0 Å². The van der Waals surface area contributed by atoms with E-state index in [0.29, 0.717) is 17.5 Å². The van der Waals surface area contributed by atoms with E-state index in [4.69, 9.17) is 0 Å². The maximum absolute atomic E-state index is 13.0. The van der Waals surface area contributed by atoms with Crippen LogP contribution in [-0.2, 0) is 4.79 Å². The van der Waals surface area contributed by atoms with E-state index in [1.807, 2.05) is 19.1 Å². The number of carbonyl (C=O) groups excluding carboxylic acids is 1. The Hall–Kier alpha value is -3.48. The number of hydrogen-bond donors (Lipinski definition) is 3. The summed E-state index contributed by atoms with van der Waals surface area (Å²) >= 11 is 0. The van der Waals surface area contributed by atoms with Crippen molar-refractivity contribution in [3.63, 3.8) is 0 Å². The molecule has 1 aromatic heterocycles. The summed E-state index contributed by atoms with van der Waals surface area (Å²) in [6.45, 7) is 3.32. The zero-order valence-electron chi connectivity index (χ0n) is 14.4. The van der Waals surface area contributed by atoms with Crippen molar-refractivity contribution in [1.29, 1.82) is 0 Å². The van der Waals surface area contributed by atoms with Crippen LogP contribution in [0.1, 0.15) is 12.6 Å². The minimum atomic E-state index is -0.292. The van der Waals surface area contributed by atoms with Crippen LogP contribution in [0.4, 0.5) is 33.2 Å². The van der Waals surface area contributed by atoms with E-state index < -0.39 is 0 Å². The van der Waals surface area contributed by atoms with Crippen molar-refractivity contribution in [3.05, 3.63) is 66.1 Å². The number of halogens is 1. The number of aryl methyl sites for hydroxylation is 1. The fourth-order valence-corrected chi connectivity index (χ4v) is 2.34. The molecule has 0 atom stereocenters. The summed E-state index contributed by atoms with van der Waals surface area (Å²) < 4.78 is 13.0. The average Bonchev–Trinajstić information content (AvgIpc) is 2.58. The van der Waals surface area contributed by atoms with Gasteiger partial charge in [0.1, 0.15) is 11.6 Å². The summed E-state index contributed by atoms with van der Waals surface area (Å²) in [5.41, 5.74) is 3.02. The molecular weight excluding hydrogens is 333 g/mol. The molecule has 1 amide bonds. The number of nitrogens with zero attached hydrogens (tertiary/aromatic N) is 2. The third-order valence-corrected chi connectivity index (χ3v) is 3.43. The van der Waals surface area contributed by atoms with Crippen LogP contribution in [0.5, 0.6) is 0 Å². The Bertz CT molecular complexity index is 910. The molecule has 0 fully saturated rings. The number of amides is 1. The summed E-state index contributed by atoms with van der Waals surface area (Å²) in [7, 11) is 0. The van der Waals surface area contributed by atoms with Gasteiger partial charge < -0.3 is 16.0 Å². The Morgan fingerprint density at radius 1 is 0.885 bits per heavy atom. The van der Waals surface area contributed by atoms with E-state index in [1.165, 1.54) is 19.1 Å². The molecular formula is C19H18FN5O. The summed E-state index contributed by atoms with van der Waals surface area (Å²) in [6.07, 6.45) is 0. The molecule has 0 saturated heterocycles. The van der Waals surface area contributed by atoms with Crippen LogP contribution in [0.25, 0.3) is 0 Å². The van der Waals surface area contributed by atoms with Gasteiger partial charge in [-0.3, -0.25) is 4.79 Å². The standard InChI is InChI=1S/C19H18FN5O/c1-12-11-18(23-16-5-3-14(20)4-6-16)25-19(21-12)24-17-9-7-15(8-10-17)22-13(2)26/h3-11H,1-2H3,(H,22,26)(H2,21,23,24,25). The topological polar surface area (TPSA) is 78.9 Å². The van der Waals surface area contributed by atoms with Gasteiger partial charge in [-0.15, -0.1) is 0 Å². The maximum Gasteiger partial charge on any atom is 0.229 e. The normalized spacial score (nSPS) is 10.3. The van der Waals surface area contributed by atoms with Crippen LogP contribution in [0.15, 0.2) is 54.6 Å². The molecule has 7 heteroatoms. The van der Waals surface area contributed by atoms with Crippen molar-refractivity contribution < 1.29 is 9.18 Å². The molecule has 6 nitrogen and oxygen atoms in total. The number of benzene rings is 2. The van der Waals surface area contributed by atoms with Crippen molar-refractivity contribution in [1.82, 2.24) is 9.97 Å². The van der Waals surface area contributed by atoms with E-state index in [0.717, 1.165) is 17.1 Å². The fourth-order valence-electron chi connectivity index (χ4n) is 2.34. The molecule has 3 rings (SSSR count). The van der Waals surface area contributed by atoms with Crippen LogP contribution >= 0.6 is 0 Å². The number of nitrogens with one attached hydrogen (secondary N) is 3. The first-order valence-electron chi connectivity index (χ1n) is 8.01. The first-order valence-corrected chi connectivity index (χ1v) is 8.01. The van der Waals surface area contributed by atoms with Gasteiger partial charge in [0.15, 0.2) is 0 Å². The molecule has 0 unspecified atom stereocenters. The molecule has 3 aromatic rings. The van der Waals surface area contributed by atoms with Gasteiger partial charge in [-0.1, -0.05) is 0 Å². The van der Waals surface area contributed by atoms with Gasteiger partial charge in [0.25, 0.3) is 0 Å². The molecule has 26 heavy (non-hydrogen) atoms. The van der Waals surface area contributed by atoms with E-state index in [9.17, 15) is 9.18 Å². The summed E-state index contributed by atoms with van der Waals surface area (Å²) in [5.74, 6) is 0.618.